The average Bonchev–Trinajstić information content (AvgIpc) is 3.14. The van der Waals surface area contributed by atoms with Crippen molar-refractivity contribution in [2.45, 2.75) is 4.21 Å². The van der Waals surface area contributed by atoms with E-state index in [2.05, 4.69) is 9.97 Å². The Hall–Kier alpha value is -2.05. The monoisotopic (exact) mass is 314 g/mol. The number of nitrogen functional groups attached to an aromatic ring is 1. The van der Waals surface area contributed by atoms with E-state index in [1.54, 1.807) is 11.8 Å². The summed E-state index contributed by atoms with van der Waals surface area (Å²) < 4.78 is 1.11. The van der Waals surface area contributed by atoms with Gasteiger partial charge in [-0.25, -0.2) is 4.98 Å². The number of nitrogens with one attached hydrogen (secondary N) is 2. The first-order valence-corrected chi connectivity index (χ1v) is 8.36. The lowest BCUT2D eigenvalue weighted by molar-refractivity contribution is 1.30. The molecule has 0 aliphatic carbocycles. The van der Waals surface area contributed by atoms with Gasteiger partial charge in [0.1, 0.15) is 11.7 Å². The topological polar surface area (TPSA) is 78.6 Å². The Morgan fingerprint density at radius 1 is 1.33 bits per heavy atom. The van der Waals surface area contributed by atoms with Crippen LogP contribution in [0.5, 0.6) is 0 Å². The van der Waals surface area contributed by atoms with Gasteiger partial charge < -0.3 is 10.7 Å². The lowest BCUT2D eigenvalue weighted by atomic mass is 10.2. The fourth-order valence-corrected chi connectivity index (χ4v) is 3.77. The molecule has 0 amide bonds. The number of H-pyrrole nitrogens is 1. The minimum Gasteiger partial charge on any atom is -0.383 e. The number of aromatic amines is 1. The zero-order chi connectivity index (χ0) is 14.8. The number of imidazole rings is 1. The van der Waals surface area contributed by atoms with Crippen LogP contribution in [0.15, 0.2) is 46.8 Å². The Bertz CT molecular complexity index is 774. The third-order valence-electron chi connectivity index (χ3n) is 3.05. The van der Waals surface area contributed by atoms with Crippen LogP contribution in [-0.4, -0.2) is 22.1 Å². The number of benzene rings is 1. The molecule has 4 N–H and O–H groups in total. The number of thioether (sulfide) groups is 1. The molecule has 0 bridgehead atoms. The van der Waals surface area contributed by atoms with Gasteiger partial charge in [0.2, 0.25) is 0 Å². The molecule has 0 aliphatic heterocycles. The van der Waals surface area contributed by atoms with E-state index in [0.717, 1.165) is 31.7 Å². The molecule has 0 spiro atoms. The first-order valence-electron chi connectivity index (χ1n) is 6.32. The molecule has 6 heteroatoms. The molecule has 4 nitrogen and oxygen atoms in total. The number of hydrogen-bond acceptors (Lipinski definition) is 4. The number of nitrogens with two attached hydrogens (primary N) is 1. The number of aromatic nitrogens is 2. The second-order valence-electron chi connectivity index (χ2n) is 4.43. The van der Waals surface area contributed by atoms with E-state index >= 15 is 0 Å². The van der Waals surface area contributed by atoms with Gasteiger partial charge in [-0.15, -0.1) is 23.1 Å². The van der Waals surface area contributed by atoms with E-state index in [9.17, 15) is 0 Å². The molecular weight excluding hydrogens is 300 g/mol. The molecule has 0 atom stereocenters. The second-order valence-corrected chi connectivity index (χ2v) is 6.56. The highest BCUT2D eigenvalue weighted by molar-refractivity contribution is 8.00. The summed E-state index contributed by atoms with van der Waals surface area (Å²) in [6.07, 6.45) is 3.92. The molecule has 0 fully saturated rings. The maximum atomic E-state index is 7.57. The summed E-state index contributed by atoms with van der Waals surface area (Å²) in [5, 5.41) is 7.57. The SMILES string of the molecule is CSc1sc(C(=N)N)cc1-c1nc(-c2ccccc2)c[nH]1. The number of amidine groups is 1. The average molecular weight is 314 g/mol. The van der Waals surface area contributed by atoms with Gasteiger partial charge in [-0.2, -0.15) is 0 Å². The summed E-state index contributed by atoms with van der Waals surface area (Å²) >= 11 is 3.16. The van der Waals surface area contributed by atoms with E-state index in [1.807, 2.05) is 48.9 Å². The van der Waals surface area contributed by atoms with Gasteiger partial charge in [0.25, 0.3) is 0 Å². The molecule has 3 rings (SSSR count). The summed E-state index contributed by atoms with van der Waals surface area (Å²) in [6.45, 7) is 0. The Morgan fingerprint density at radius 2 is 2.10 bits per heavy atom. The minimum atomic E-state index is 0.0939. The standard InChI is InChI=1S/C15H14N4S2/c1-20-15-10(7-12(21-15)13(16)17)14-18-8-11(19-14)9-5-3-2-4-6-9/h2-8H,1H3,(H3,16,17)(H,18,19). The van der Waals surface area contributed by atoms with Crippen LogP contribution >= 0.6 is 23.1 Å². The van der Waals surface area contributed by atoms with Crippen molar-refractivity contribution in [2.24, 2.45) is 5.73 Å². The zero-order valence-corrected chi connectivity index (χ0v) is 13.0. The normalized spacial score (nSPS) is 10.7. The zero-order valence-electron chi connectivity index (χ0n) is 11.4. The highest BCUT2D eigenvalue weighted by atomic mass is 32.2. The summed E-state index contributed by atoms with van der Waals surface area (Å²) in [5.41, 5.74) is 8.57. The van der Waals surface area contributed by atoms with Crippen molar-refractivity contribution in [3.05, 3.63) is 47.5 Å². The number of rotatable bonds is 4. The Balaban J connectivity index is 2.02. The molecule has 0 unspecified atom stereocenters. The van der Waals surface area contributed by atoms with Crippen LogP contribution in [0.3, 0.4) is 0 Å². The van der Waals surface area contributed by atoms with Crippen molar-refractivity contribution < 1.29 is 0 Å². The molecule has 3 aromatic rings. The molecular formula is C15H14N4S2. The van der Waals surface area contributed by atoms with Gasteiger partial charge >= 0.3 is 0 Å². The Morgan fingerprint density at radius 3 is 2.76 bits per heavy atom. The number of thiophene rings is 1. The van der Waals surface area contributed by atoms with Crippen LogP contribution in [0, 0.1) is 5.41 Å². The van der Waals surface area contributed by atoms with Crippen molar-refractivity contribution in [3.8, 4) is 22.6 Å². The first-order chi connectivity index (χ1) is 10.2. The van der Waals surface area contributed by atoms with Gasteiger partial charge in [-0.1, -0.05) is 30.3 Å². The molecule has 1 aromatic carbocycles. The van der Waals surface area contributed by atoms with Gasteiger partial charge in [0.05, 0.1) is 14.8 Å². The molecule has 0 radical (unpaired) electrons. The summed E-state index contributed by atoms with van der Waals surface area (Å²) in [7, 11) is 0. The molecule has 2 aromatic heterocycles. The largest absolute Gasteiger partial charge is 0.383 e. The molecule has 21 heavy (non-hydrogen) atoms. The van der Waals surface area contributed by atoms with Crippen molar-refractivity contribution in [3.63, 3.8) is 0 Å². The molecule has 0 aliphatic rings. The van der Waals surface area contributed by atoms with Crippen molar-refractivity contribution in [1.29, 1.82) is 5.41 Å². The van der Waals surface area contributed by atoms with Crippen LogP contribution in [0.4, 0.5) is 0 Å². The van der Waals surface area contributed by atoms with E-state index < -0.39 is 0 Å². The first kappa shape index (κ1) is 13.9. The van der Waals surface area contributed by atoms with Crippen molar-refractivity contribution >= 4 is 28.9 Å². The fraction of sp³-hybridized carbons (Fsp3) is 0.0667. The summed E-state index contributed by atoms with van der Waals surface area (Å²) in [5.74, 6) is 0.901. The van der Waals surface area contributed by atoms with Crippen LogP contribution in [-0.2, 0) is 0 Å². The molecule has 106 valence electrons. The molecule has 2 heterocycles. The Labute approximate surface area is 130 Å². The number of hydrogen-bond donors (Lipinski definition) is 3. The highest BCUT2D eigenvalue weighted by Gasteiger charge is 2.15. The predicted octanol–water partition coefficient (Wildman–Crippen LogP) is 3.81. The van der Waals surface area contributed by atoms with Gasteiger partial charge in [-0.3, -0.25) is 5.41 Å². The third kappa shape index (κ3) is 2.72. The van der Waals surface area contributed by atoms with Crippen LogP contribution < -0.4 is 5.73 Å². The number of nitrogens with zero attached hydrogens (tertiary/aromatic N) is 1. The van der Waals surface area contributed by atoms with E-state index in [4.69, 9.17) is 11.1 Å². The van der Waals surface area contributed by atoms with Gasteiger partial charge in [0, 0.05) is 17.3 Å². The van der Waals surface area contributed by atoms with Gasteiger partial charge in [-0.05, 0) is 12.3 Å². The Kier molecular flexibility index (Phi) is 3.81. The highest BCUT2D eigenvalue weighted by Crippen LogP contribution is 2.37. The van der Waals surface area contributed by atoms with Crippen molar-refractivity contribution in [2.75, 3.05) is 6.26 Å². The quantitative estimate of drug-likeness (QED) is 0.389. The van der Waals surface area contributed by atoms with Crippen LogP contribution in [0.1, 0.15) is 4.88 Å². The molecule has 0 saturated heterocycles. The van der Waals surface area contributed by atoms with Gasteiger partial charge in [0.15, 0.2) is 0 Å². The summed E-state index contributed by atoms with van der Waals surface area (Å²) in [6, 6.07) is 12.0. The van der Waals surface area contributed by atoms with E-state index in [1.165, 1.54) is 11.3 Å². The van der Waals surface area contributed by atoms with E-state index in [-0.39, 0.29) is 5.84 Å². The van der Waals surface area contributed by atoms with Crippen LogP contribution in [0.25, 0.3) is 22.6 Å². The lowest BCUT2D eigenvalue weighted by Gasteiger charge is -1.96. The maximum Gasteiger partial charge on any atom is 0.140 e. The predicted molar refractivity (Wildman–Crippen MR) is 90.1 cm³/mol. The lowest BCUT2D eigenvalue weighted by Crippen LogP contribution is -2.08. The van der Waals surface area contributed by atoms with E-state index in [0.29, 0.717) is 0 Å². The third-order valence-corrected chi connectivity index (χ3v) is 5.36. The molecule has 0 saturated carbocycles. The maximum absolute atomic E-state index is 7.57. The van der Waals surface area contributed by atoms with Crippen LogP contribution in [0.2, 0.25) is 0 Å². The fourth-order valence-electron chi connectivity index (χ4n) is 2.04. The van der Waals surface area contributed by atoms with Crippen molar-refractivity contribution in [1.82, 2.24) is 9.97 Å². The smallest absolute Gasteiger partial charge is 0.140 e. The second kappa shape index (κ2) is 5.75. The minimum absolute atomic E-state index is 0.0939. The summed E-state index contributed by atoms with van der Waals surface area (Å²) in [4.78, 5) is 8.65.